The van der Waals surface area contributed by atoms with E-state index in [9.17, 15) is 4.79 Å². The molecule has 0 saturated carbocycles. The molecule has 18 heavy (non-hydrogen) atoms. The first kappa shape index (κ1) is 14.7. The molecule has 1 fully saturated rings. The van der Waals surface area contributed by atoms with E-state index in [0.717, 1.165) is 5.56 Å². The van der Waals surface area contributed by atoms with E-state index >= 15 is 0 Å². The fourth-order valence-corrected chi connectivity index (χ4v) is 1.65. The van der Waals surface area contributed by atoms with Gasteiger partial charge >= 0.3 is 5.97 Å². The molecule has 0 N–H and O–H groups in total. The van der Waals surface area contributed by atoms with Crippen LogP contribution in [0.1, 0.15) is 36.7 Å². The van der Waals surface area contributed by atoms with Gasteiger partial charge in [0.2, 0.25) is 0 Å². The zero-order valence-corrected chi connectivity index (χ0v) is 11.7. The zero-order valence-electron chi connectivity index (χ0n) is 11.7. The van der Waals surface area contributed by atoms with Crippen LogP contribution in [0.2, 0.25) is 0 Å². The summed E-state index contributed by atoms with van der Waals surface area (Å²) in [4.78, 5) is 11.8. The molecule has 0 amide bonds. The summed E-state index contributed by atoms with van der Waals surface area (Å²) in [6, 6.07) is 7.45. The van der Waals surface area contributed by atoms with E-state index in [1.165, 1.54) is 0 Å². The van der Waals surface area contributed by atoms with Gasteiger partial charge in [-0.25, -0.2) is 4.79 Å². The van der Waals surface area contributed by atoms with Crippen molar-refractivity contribution < 1.29 is 14.3 Å². The highest BCUT2D eigenvalue weighted by Gasteiger charge is 2.35. The molecule has 0 radical (unpaired) electrons. The maximum atomic E-state index is 11.8. The third-order valence-electron chi connectivity index (χ3n) is 2.82. The minimum Gasteiger partial charge on any atom is -0.461 e. The Hall–Kier alpha value is -1.35. The fourth-order valence-electron chi connectivity index (χ4n) is 1.65. The monoisotopic (exact) mass is 250 g/mol. The first-order valence-electron chi connectivity index (χ1n) is 6.41. The molecule has 0 aliphatic carbocycles. The van der Waals surface area contributed by atoms with Crippen LogP contribution in [0.4, 0.5) is 0 Å². The maximum absolute atomic E-state index is 11.8. The third-order valence-corrected chi connectivity index (χ3v) is 2.82. The molecule has 0 atom stereocenters. The minimum absolute atomic E-state index is 0.0122. The van der Waals surface area contributed by atoms with Gasteiger partial charge in [-0.2, -0.15) is 0 Å². The first-order valence-corrected chi connectivity index (χ1v) is 6.41. The number of hydrogen-bond donors (Lipinski definition) is 0. The van der Waals surface area contributed by atoms with Crippen molar-refractivity contribution >= 4 is 5.97 Å². The van der Waals surface area contributed by atoms with Crippen LogP contribution in [-0.2, 0) is 9.47 Å². The van der Waals surface area contributed by atoms with Crippen LogP contribution in [-0.4, -0.2) is 25.8 Å². The van der Waals surface area contributed by atoms with Gasteiger partial charge in [-0.1, -0.05) is 39.0 Å². The number of ether oxygens (including phenoxy) is 2. The Balaban J connectivity index is 0.000000771. The topological polar surface area (TPSA) is 35.5 Å². The quantitative estimate of drug-likeness (QED) is 0.773. The molecule has 1 aromatic rings. The number of aryl methyl sites for hydroxylation is 1. The average molecular weight is 250 g/mol. The molecule has 1 aliphatic rings. The highest BCUT2D eigenvalue weighted by atomic mass is 16.5. The number of rotatable bonds is 3. The standard InChI is InChI=1S/C13H16O3.C2H6/c1-10-5-3-4-6-11(10)12(14)16-9-13(2)7-15-8-13;1-2/h3-6H,7-9H2,1-2H3;1-2H3. The summed E-state index contributed by atoms with van der Waals surface area (Å²) in [5, 5.41) is 0. The first-order chi connectivity index (χ1) is 8.61. The van der Waals surface area contributed by atoms with Crippen LogP contribution >= 0.6 is 0 Å². The number of hydrogen-bond acceptors (Lipinski definition) is 3. The summed E-state index contributed by atoms with van der Waals surface area (Å²) in [6.45, 7) is 9.74. The molecule has 3 nitrogen and oxygen atoms in total. The van der Waals surface area contributed by atoms with E-state index in [-0.39, 0.29) is 11.4 Å². The number of carbonyl (C=O) groups excluding carboxylic acids is 1. The molecule has 1 aliphatic heterocycles. The van der Waals surface area contributed by atoms with Gasteiger partial charge in [0, 0.05) is 5.41 Å². The second-order valence-electron chi connectivity index (χ2n) is 4.69. The van der Waals surface area contributed by atoms with Crippen molar-refractivity contribution in [1.82, 2.24) is 0 Å². The summed E-state index contributed by atoms with van der Waals surface area (Å²) in [6.07, 6.45) is 0. The molecule has 2 rings (SSSR count). The molecule has 0 spiro atoms. The predicted molar refractivity (Wildman–Crippen MR) is 71.7 cm³/mol. The lowest BCUT2D eigenvalue weighted by molar-refractivity contribution is -0.127. The van der Waals surface area contributed by atoms with Gasteiger partial charge in [0.25, 0.3) is 0 Å². The summed E-state index contributed by atoms with van der Waals surface area (Å²) in [5.41, 5.74) is 1.60. The van der Waals surface area contributed by atoms with E-state index in [1.807, 2.05) is 39.0 Å². The second kappa shape index (κ2) is 6.55. The van der Waals surface area contributed by atoms with Crippen molar-refractivity contribution in [3.8, 4) is 0 Å². The Kier molecular flexibility index (Phi) is 5.35. The highest BCUT2D eigenvalue weighted by molar-refractivity contribution is 5.90. The summed E-state index contributed by atoms with van der Waals surface area (Å²) >= 11 is 0. The van der Waals surface area contributed by atoms with Gasteiger partial charge in [0.15, 0.2) is 0 Å². The van der Waals surface area contributed by atoms with Crippen molar-refractivity contribution in [2.45, 2.75) is 27.7 Å². The maximum Gasteiger partial charge on any atom is 0.338 e. The van der Waals surface area contributed by atoms with E-state index < -0.39 is 0 Å². The highest BCUT2D eigenvalue weighted by Crippen LogP contribution is 2.27. The van der Waals surface area contributed by atoms with Crippen molar-refractivity contribution in [2.75, 3.05) is 19.8 Å². The van der Waals surface area contributed by atoms with Crippen molar-refractivity contribution in [3.63, 3.8) is 0 Å². The van der Waals surface area contributed by atoms with E-state index in [4.69, 9.17) is 9.47 Å². The Labute approximate surface area is 109 Å². The summed E-state index contributed by atoms with van der Waals surface area (Å²) in [7, 11) is 0. The fraction of sp³-hybridized carbons (Fsp3) is 0.533. The summed E-state index contributed by atoms with van der Waals surface area (Å²) < 4.78 is 10.4. The van der Waals surface area contributed by atoms with E-state index in [0.29, 0.717) is 25.4 Å². The largest absolute Gasteiger partial charge is 0.461 e. The Morgan fingerprint density at radius 2 is 1.94 bits per heavy atom. The van der Waals surface area contributed by atoms with Gasteiger partial charge in [-0.3, -0.25) is 0 Å². The van der Waals surface area contributed by atoms with E-state index in [2.05, 4.69) is 6.92 Å². The molecule has 100 valence electrons. The van der Waals surface area contributed by atoms with Gasteiger partial charge < -0.3 is 9.47 Å². The lowest BCUT2D eigenvalue weighted by Crippen LogP contribution is -2.44. The lowest BCUT2D eigenvalue weighted by atomic mass is 9.90. The molecule has 1 heterocycles. The Bertz CT molecular complexity index is 394. The number of carbonyl (C=O) groups is 1. The van der Waals surface area contributed by atoms with Gasteiger partial charge in [0.1, 0.15) is 6.61 Å². The second-order valence-corrected chi connectivity index (χ2v) is 4.69. The number of esters is 1. The van der Waals surface area contributed by atoms with Crippen LogP contribution < -0.4 is 0 Å². The lowest BCUT2D eigenvalue weighted by Gasteiger charge is -2.37. The number of benzene rings is 1. The molecular formula is C15H22O3. The SMILES string of the molecule is CC.Cc1ccccc1C(=O)OCC1(C)COC1. The average Bonchev–Trinajstić information content (AvgIpc) is 2.36. The minimum atomic E-state index is -0.244. The molecule has 0 unspecified atom stereocenters. The summed E-state index contributed by atoms with van der Waals surface area (Å²) in [5.74, 6) is -0.244. The van der Waals surface area contributed by atoms with Crippen LogP contribution in [0, 0.1) is 12.3 Å². The van der Waals surface area contributed by atoms with Crippen LogP contribution in [0.25, 0.3) is 0 Å². The Morgan fingerprint density at radius 3 is 2.44 bits per heavy atom. The van der Waals surface area contributed by atoms with Gasteiger partial charge in [-0.05, 0) is 18.6 Å². The van der Waals surface area contributed by atoms with Crippen LogP contribution in [0.15, 0.2) is 24.3 Å². The van der Waals surface area contributed by atoms with Crippen molar-refractivity contribution in [2.24, 2.45) is 5.41 Å². The van der Waals surface area contributed by atoms with Gasteiger partial charge in [0.05, 0.1) is 18.8 Å². The van der Waals surface area contributed by atoms with E-state index in [1.54, 1.807) is 6.07 Å². The van der Waals surface area contributed by atoms with Crippen molar-refractivity contribution in [1.29, 1.82) is 0 Å². The Morgan fingerprint density at radius 1 is 1.33 bits per heavy atom. The molecule has 1 saturated heterocycles. The van der Waals surface area contributed by atoms with Crippen LogP contribution in [0.3, 0.4) is 0 Å². The zero-order chi connectivity index (χ0) is 13.6. The molecule has 1 aromatic carbocycles. The normalized spacial score (nSPS) is 16.0. The van der Waals surface area contributed by atoms with Crippen LogP contribution in [0.5, 0.6) is 0 Å². The van der Waals surface area contributed by atoms with Crippen molar-refractivity contribution in [3.05, 3.63) is 35.4 Å². The third kappa shape index (κ3) is 3.57. The molecule has 0 aromatic heterocycles. The predicted octanol–water partition coefficient (Wildman–Crippen LogP) is 3.21. The molecule has 3 heteroatoms. The molecular weight excluding hydrogens is 228 g/mol. The molecule has 0 bridgehead atoms. The van der Waals surface area contributed by atoms with Gasteiger partial charge in [-0.15, -0.1) is 0 Å². The smallest absolute Gasteiger partial charge is 0.338 e.